The van der Waals surface area contributed by atoms with Gasteiger partial charge in [-0.15, -0.1) is 0 Å². The van der Waals surface area contributed by atoms with Gasteiger partial charge in [-0.3, -0.25) is 4.79 Å². The summed E-state index contributed by atoms with van der Waals surface area (Å²) in [5.74, 6) is -1.65. The Bertz CT molecular complexity index is 1090. The van der Waals surface area contributed by atoms with Crippen LogP contribution in [-0.2, 0) is 44.6 Å². The first-order valence-corrected chi connectivity index (χ1v) is 16.9. The molecule has 3 saturated carbocycles. The van der Waals surface area contributed by atoms with E-state index in [9.17, 15) is 9.59 Å². The van der Waals surface area contributed by atoms with Gasteiger partial charge in [0.05, 0.1) is 0 Å². The normalized spacial score (nSPS) is 31.8. The molecule has 0 bridgehead atoms. The Morgan fingerprint density at radius 2 is 1.32 bits per heavy atom. The van der Waals surface area contributed by atoms with Crippen LogP contribution < -0.4 is 5.32 Å². The zero-order valence-electron chi connectivity index (χ0n) is 26.0. The smallest absolute Gasteiger partial charge is 0.407 e. The second-order valence-electron chi connectivity index (χ2n) is 13.1. The van der Waals surface area contributed by atoms with E-state index in [0.29, 0.717) is 13.2 Å². The van der Waals surface area contributed by atoms with Crippen LogP contribution >= 0.6 is 0 Å². The van der Waals surface area contributed by atoms with Crippen LogP contribution in [0.4, 0.5) is 4.79 Å². The van der Waals surface area contributed by atoms with Gasteiger partial charge in [0, 0.05) is 45.8 Å². The number of carbonyl (C=O) groups excluding carboxylic acids is 2. The molecule has 2 saturated heterocycles. The molecule has 44 heavy (non-hydrogen) atoms. The molecule has 2 spiro atoms. The lowest BCUT2D eigenvalue weighted by molar-refractivity contribution is -0.230. The second kappa shape index (κ2) is 14.5. The molecule has 5 fully saturated rings. The van der Waals surface area contributed by atoms with E-state index in [-0.39, 0.29) is 24.8 Å². The lowest BCUT2D eigenvalue weighted by atomic mass is 9.84. The summed E-state index contributed by atoms with van der Waals surface area (Å²) in [7, 11) is 0. The molecule has 5 aliphatic rings. The van der Waals surface area contributed by atoms with Crippen LogP contribution in [0.1, 0.15) is 102 Å². The Morgan fingerprint density at radius 1 is 0.750 bits per heavy atom. The molecule has 10 heteroatoms. The van der Waals surface area contributed by atoms with Crippen molar-refractivity contribution in [3.8, 4) is 0 Å². The molecule has 1 aromatic rings. The van der Waals surface area contributed by atoms with E-state index in [4.69, 9.17) is 33.2 Å². The summed E-state index contributed by atoms with van der Waals surface area (Å²) in [5, 5.41) is 2.82. The molecule has 1 amide bonds. The van der Waals surface area contributed by atoms with Crippen LogP contribution in [0.25, 0.3) is 0 Å². The lowest BCUT2D eigenvalue weighted by Gasteiger charge is -2.42. The highest BCUT2D eigenvalue weighted by molar-refractivity contribution is 5.67. The summed E-state index contributed by atoms with van der Waals surface area (Å²) >= 11 is 0. The van der Waals surface area contributed by atoms with Gasteiger partial charge in [0.25, 0.3) is 0 Å². The lowest BCUT2D eigenvalue weighted by Crippen LogP contribution is -2.63. The highest BCUT2D eigenvalue weighted by Crippen LogP contribution is 2.52. The number of fused-ring (bicyclic) bond motifs is 3. The molecule has 0 unspecified atom stereocenters. The summed E-state index contributed by atoms with van der Waals surface area (Å²) in [6.07, 6.45) is 10.4. The topological polar surface area (TPSA) is 111 Å². The molecule has 0 aromatic heterocycles. The van der Waals surface area contributed by atoms with E-state index in [1.54, 1.807) is 0 Å². The molecular weight excluding hydrogens is 566 g/mol. The van der Waals surface area contributed by atoms with Gasteiger partial charge in [0.2, 0.25) is 0 Å². The van der Waals surface area contributed by atoms with Crippen molar-refractivity contribution in [2.75, 3.05) is 13.2 Å². The standard InChI is InChI=1S/C34H49NO9/c1-24(36)40-27-26(38-22-14-3-2-13-21-35-32(37)39-23-25-15-7-4-8-16-25)28-30(43-33(41-28)17-9-5-10-18-33)31-29(27)42-34(44-31)19-11-6-12-20-34/h4,7-8,15-16,26-31H,2-3,5-6,9-14,17-23H2,1H3,(H,35,37)/t26-,27-,28+,29-,30-,31-/m1/s1. The predicted molar refractivity (Wildman–Crippen MR) is 160 cm³/mol. The van der Waals surface area contributed by atoms with E-state index < -0.39 is 42.1 Å². The van der Waals surface area contributed by atoms with E-state index in [1.807, 2.05) is 30.3 Å². The number of nitrogens with one attached hydrogen (secondary N) is 1. The number of ether oxygens (including phenoxy) is 7. The van der Waals surface area contributed by atoms with E-state index in [0.717, 1.165) is 82.6 Å². The summed E-state index contributed by atoms with van der Waals surface area (Å²) in [6, 6.07) is 9.63. The zero-order valence-corrected chi connectivity index (χ0v) is 26.0. The number of esters is 1. The van der Waals surface area contributed by atoms with E-state index in [2.05, 4.69) is 5.32 Å². The number of benzene rings is 1. The minimum atomic E-state index is -0.654. The van der Waals surface area contributed by atoms with Crippen molar-refractivity contribution in [1.82, 2.24) is 5.32 Å². The Balaban J connectivity index is 1.02. The molecule has 2 heterocycles. The van der Waals surface area contributed by atoms with Gasteiger partial charge in [0.1, 0.15) is 37.1 Å². The Labute approximate surface area is 260 Å². The van der Waals surface area contributed by atoms with Crippen LogP contribution in [-0.4, -0.2) is 73.4 Å². The molecule has 10 nitrogen and oxygen atoms in total. The van der Waals surface area contributed by atoms with Crippen LogP contribution in [0.5, 0.6) is 0 Å². The predicted octanol–water partition coefficient (Wildman–Crippen LogP) is 5.69. The van der Waals surface area contributed by atoms with Crippen LogP contribution in [0.2, 0.25) is 0 Å². The molecule has 6 atom stereocenters. The fourth-order valence-corrected chi connectivity index (χ4v) is 7.64. The number of hydrogen-bond donors (Lipinski definition) is 1. The SMILES string of the molecule is CC(=O)O[C@@H]1[C@@H](OCCCCCCNC(=O)OCc2ccccc2)[C@@H]2OC3(CCCCC3)O[C@H]2[C@@H]2OC3(CCCCC3)O[C@H]12. The fourth-order valence-electron chi connectivity index (χ4n) is 7.64. The summed E-state index contributed by atoms with van der Waals surface area (Å²) in [6.45, 7) is 2.75. The number of carbonyl (C=O) groups is 2. The highest BCUT2D eigenvalue weighted by atomic mass is 16.8. The van der Waals surface area contributed by atoms with Crippen LogP contribution in [0.15, 0.2) is 30.3 Å². The van der Waals surface area contributed by atoms with Gasteiger partial charge >= 0.3 is 12.1 Å². The largest absolute Gasteiger partial charge is 0.457 e. The maximum absolute atomic E-state index is 12.4. The van der Waals surface area contributed by atoms with Gasteiger partial charge in [0.15, 0.2) is 17.7 Å². The summed E-state index contributed by atoms with van der Waals surface area (Å²) < 4.78 is 44.7. The monoisotopic (exact) mass is 615 g/mol. The minimum Gasteiger partial charge on any atom is -0.457 e. The molecule has 1 N–H and O–H groups in total. The first-order chi connectivity index (χ1) is 21.5. The molecule has 244 valence electrons. The summed E-state index contributed by atoms with van der Waals surface area (Å²) in [4.78, 5) is 24.3. The average molecular weight is 616 g/mol. The quantitative estimate of drug-likeness (QED) is 0.248. The Hall–Kier alpha value is -2.24. The third-order valence-corrected chi connectivity index (χ3v) is 9.74. The second-order valence-corrected chi connectivity index (χ2v) is 13.1. The van der Waals surface area contributed by atoms with E-state index >= 15 is 0 Å². The zero-order chi connectivity index (χ0) is 30.4. The van der Waals surface area contributed by atoms with Gasteiger partial charge in [-0.2, -0.15) is 0 Å². The fraction of sp³-hybridized carbons (Fsp3) is 0.765. The Kier molecular flexibility index (Phi) is 10.4. The van der Waals surface area contributed by atoms with E-state index in [1.165, 1.54) is 19.8 Å². The molecule has 3 aliphatic carbocycles. The average Bonchev–Trinajstić information content (AvgIpc) is 3.58. The molecule has 6 rings (SSSR count). The van der Waals surface area contributed by atoms with Crippen molar-refractivity contribution in [3.05, 3.63) is 35.9 Å². The summed E-state index contributed by atoms with van der Waals surface area (Å²) in [5.41, 5.74) is 0.961. The van der Waals surface area contributed by atoms with Crippen molar-refractivity contribution < 1.29 is 42.7 Å². The maximum Gasteiger partial charge on any atom is 0.407 e. The number of alkyl carbamates (subject to hydrolysis) is 1. The van der Waals surface area contributed by atoms with Gasteiger partial charge < -0.3 is 38.5 Å². The third-order valence-electron chi connectivity index (χ3n) is 9.74. The number of hydrogen-bond acceptors (Lipinski definition) is 9. The van der Waals surface area contributed by atoms with Gasteiger partial charge in [-0.1, -0.05) is 56.0 Å². The highest BCUT2D eigenvalue weighted by Gasteiger charge is 2.67. The Morgan fingerprint density at radius 3 is 1.93 bits per heavy atom. The number of amides is 1. The van der Waals surface area contributed by atoms with Crippen molar-refractivity contribution in [2.45, 2.75) is 152 Å². The number of rotatable bonds is 11. The van der Waals surface area contributed by atoms with Crippen molar-refractivity contribution in [2.24, 2.45) is 0 Å². The van der Waals surface area contributed by atoms with Crippen molar-refractivity contribution in [3.63, 3.8) is 0 Å². The van der Waals surface area contributed by atoms with Crippen molar-refractivity contribution in [1.29, 1.82) is 0 Å². The first kappa shape index (κ1) is 31.7. The number of unbranched alkanes of at least 4 members (excludes halogenated alkanes) is 3. The minimum absolute atomic E-state index is 0.261. The van der Waals surface area contributed by atoms with Gasteiger partial charge in [-0.25, -0.2) is 4.79 Å². The molecular formula is C34H49NO9. The van der Waals surface area contributed by atoms with Gasteiger partial charge in [-0.05, 0) is 44.1 Å². The van der Waals surface area contributed by atoms with Crippen LogP contribution in [0.3, 0.4) is 0 Å². The molecule has 2 aliphatic heterocycles. The van der Waals surface area contributed by atoms with Crippen molar-refractivity contribution >= 4 is 12.1 Å². The van der Waals surface area contributed by atoms with Crippen LogP contribution in [0, 0.1) is 0 Å². The first-order valence-electron chi connectivity index (χ1n) is 16.9. The molecule has 0 radical (unpaired) electrons. The molecule has 1 aromatic carbocycles. The third kappa shape index (κ3) is 7.41. The maximum atomic E-state index is 12.4.